The fourth-order valence-corrected chi connectivity index (χ4v) is 8.79. The quantitative estimate of drug-likeness (QED) is 0.0754. The molecule has 4 aromatic carbocycles. The van der Waals surface area contributed by atoms with Gasteiger partial charge in [0, 0.05) is 48.1 Å². The first kappa shape index (κ1) is 35.7. The number of hydrogen-bond donors (Lipinski definition) is 2. The van der Waals surface area contributed by atoms with Gasteiger partial charge in [-0.25, -0.2) is 0 Å². The molecule has 0 aromatic heterocycles. The number of carbonyl (C=O) groups excluding carboxylic acids is 4. The molecule has 0 saturated carbocycles. The molecule has 0 aliphatic carbocycles. The van der Waals surface area contributed by atoms with E-state index in [2.05, 4.69) is 10.6 Å². The first-order valence-corrected chi connectivity index (χ1v) is 19.1. The number of carbonyl (C=O) groups is 4. The van der Waals surface area contributed by atoms with Crippen molar-refractivity contribution in [3.8, 4) is 0 Å². The van der Waals surface area contributed by atoms with E-state index in [0.717, 1.165) is 69.3 Å². The van der Waals surface area contributed by atoms with Gasteiger partial charge in [0.25, 0.3) is 11.8 Å². The Bertz CT molecular complexity index is 1880. The lowest BCUT2D eigenvalue weighted by molar-refractivity contribution is -0.124. The normalized spacial score (nSPS) is 16.2. The van der Waals surface area contributed by atoms with E-state index < -0.39 is 0 Å². The molecule has 2 heterocycles. The van der Waals surface area contributed by atoms with Gasteiger partial charge < -0.3 is 10.6 Å². The highest BCUT2D eigenvalue weighted by Gasteiger charge is 2.41. The third-order valence-electron chi connectivity index (χ3n) is 8.60. The predicted molar refractivity (Wildman–Crippen MR) is 213 cm³/mol. The lowest BCUT2D eigenvalue weighted by Gasteiger charge is -2.15. The second-order valence-electron chi connectivity index (χ2n) is 12.1. The Morgan fingerprint density at radius 2 is 0.940 bits per heavy atom. The summed E-state index contributed by atoms with van der Waals surface area (Å²) in [7, 11) is 0. The molecule has 4 aromatic rings. The molecule has 2 aliphatic rings. The smallest absolute Gasteiger partial charge is 0.267 e. The van der Waals surface area contributed by atoms with Crippen LogP contribution in [0.2, 0.25) is 0 Å². The van der Waals surface area contributed by atoms with E-state index >= 15 is 0 Å². The van der Waals surface area contributed by atoms with Crippen molar-refractivity contribution in [2.45, 2.75) is 51.4 Å². The van der Waals surface area contributed by atoms with Crippen molar-refractivity contribution in [2.75, 3.05) is 23.7 Å². The summed E-state index contributed by atoms with van der Waals surface area (Å²) in [5.41, 5.74) is 1.60. The Kier molecular flexibility index (Phi) is 12.0. The summed E-state index contributed by atoms with van der Waals surface area (Å²) in [6, 6.07) is 27.6. The molecule has 0 spiro atoms. The van der Waals surface area contributed by atoms with E-state index in [-0.39, 0.29) is 23.6 Å². The van der Waals surface area contributed by atoms with Crippen molar-refractivity contribution in [2.24, 2.45) is 0 Å². The number of nitrogens with zero attached hydrogens (tertiary/aromatic N) is 2. The predicted octanol–water partition coefficient (Wildman–Crippen LogP) is 8.62. The van der Waals surface area contributed by atoms with Crippen molar-refractivity contribution in [3.05, 3.63) is 94.7 Å². The van der Waals surface area contributed by atoms with Crippen LogP contribution in [0.4, 0.5) is 11.4 Å². The van der Waals surface area contributed by atoms with Crippen LogP contribution in [-0.4, -0.2) is 55.2 Å². The maximum absolute atomic E-state index is 13.3. The van der Waals surface area contributed by atoms with Gasteiger partial charge in [0.1, 0.15) is 8.64 Å². The summed E-state index contributed by atoms with van der Waals surface area (Å²) < 4.78 is 0.844. The zero-order valence-electron chi connectivity index (χ0n) is 27.3. The van der Waals surface area contributed by atoms with E-state index in [1.165, 1.54) is 0 Å². The summed E-state index contributed by atoms with van der Waals surface area (Å²) in [4.78, 5) is 55.6. The largest absolute Gasteiger partial charge is 0.326 e. The lowest BCUT2D eigenvalue weighted by atomic mass is 10.1. The van der Waals surface area contributed by atoms with Crippen LogP contribution in [0, 0.1) is 0 Å². The molecule has 4 amide bonds. The topological polar surface area (TPSA) is 98.8 Å². The number of amides is 4. The van der Waals surface area contributed by atoms with Crippen LogP contribution in [0.3, 0.4) is 0 Å². The molecule has 6 rings (SSSR count). The average molecular weight is 741 g/mol. The minimum Gasteiger partial charge on any atom is -0.326 e. The minimum absolute atomic E-state index is 0.0450. The van der Waals surface area contributed by atoms with Crippen LogP contribution >= 0.6 is 48.0 Å². The number of rotatable bonds is 14. The zero-order chi connectivity index (χ0) is 35.0. The Morgan fingerprint density at radius 3 is 1.38 bits per heavy atom. The van der Waals surface area contributed by atoms with Crippen molar-refractivity contribution in [3.63, 3.8) is 0 Å². The van der Waals surface area contributed by atoms with Gasteiger partial charge in [0.2, 0.25) is 11.8 Å². The van der Waals surface area contributed by atoms with E-state index in [9.17, 15) is 19.2 Å². The molecule has 50 heavy (non-hydrogen) atoms. The van der Waals surface area contributed by atoms with E-state index in [0.29, 0.717) is 70.1 Å². The van der Waals surface area contributed by atoms with Gasteiger partial charge >= 0.3 is 0 Å². The van der Waals surface area contributed by atoms with Crippen LogP contribution in [0.5, 0.6) is 0 Å². The molecule has 0 bridgehead atoms. The monoisotopic (exact) mass is 740 g/mol. The summed E-state index contributed by atoms with van der Waals surface area (Å²) in [6.45, 7) is 0.848. The third kappa shape index (κ3) is 8.43. The molecule has 8 nitrogen and oxygen atoms in total. The highest BCUT2D eigenvalue weighted by Crippen LogP contribution is 2.42. The first-order valence-electron chi connectivity index (χ1n) is 16.7. The van der Waals surface area contributed by atoms with Crippen molar-refractivity contribution < 1.29 is 19.2 Å². The fourth-order valence-electron chi connectivity index (χ4n) is 6.01. The number of thioether (sulfide) groups is 2. The van der Waals surface area contributed by atoms with E-state index in [1.54, 1.807) is 9.80 Å². The van der Waals surface area contributed by atoms with Gasteiger partial charge in [-0.15, -0.1) is 0 Å². The second kappa shape index (κ2) is 16.7. The van der Waals surface area contributed by atoms with Crippen LogP contribution < -0.4 is 10.6 Å². The molecule has 0 atom stereocenters. The number of benzene rings is 4. The highest BCUT2D eigenvalue weighted by molar-refractivity contribution is 8.29. The number of nitrogens with one attached hydrogen (secondary N) is 2. The molecule has 2 aliphatic heterocycles. The number of thiocarbonyl (C=S) groups is 2. The van der Waals surface area contributed by atoms with Gasteiger partial charge in [-0.3, -0.25) is 29.0 Å². The van der Waals surface area contributed by atoms with Gasteiger partial charge in [-0.2, -0.15) is 0 Å². The first-order chi connectivity index (χ1) is 24.3. The number of anilines is 2. The van der Waals surface area contributed by atoms with Crippen molar-refractivity contribution >= 4 is 113 Å². The molecule has 2 fully saturated rings. The maximum Gasteiger partial charge on any atom is 0.267 e. The number of fused-ring (bicyclic) bond motifs is 2. The van der Waals surface area contributed by atoms with Gasteiger partial charge in [0.15, 0.2) is 0 Å². The summed E-state index contributed by atoms with van der Waals surface area (Å²) >= 11 is 13.3. The molecular formula is C38H36N4O4S4. The minimum atomic E-state index is -0.272. The van der Waals surface area contributed by atoms with E-state index in [1.807, 2.05) is 84.9 Å². The Hall–Kier alpha value is -4.10. The molecular weight excluding hydrogens is 705 g/mol. The Balaban J connectivity index is 0.914. The molecule has 0 radical (unpaired) electrons. The molecule has 0 unspecified atom stereocenters. The van der Waals surface area contributed by atoms with E-state index in [4.69, 9.17) is 24.4 Å². The Morgan fingerprint density at radius 1 is 0.540 bits per heavy atom. The fraction of sp³-hybridized carbons (Fsp3) is 0.263. The molecule has 12 heteroatoms. The third-order valence-corrected chi connectivity index (χ3v) is 11.6. The molecule has 2 N–H and O–H groups in total. The van der Waals surface area contributed by atoms with Gasteiger partial charge in [0.05, 0.1) is 9.81 Å². The highest BCUT2D eigenvalue weighted by atomic mass is 32.2. The maximum atomic E-state index is 13.3. The second-order valence-corrected chi connectivity index (χ2v) is 15.4. The van der Waals surface area contributed by atoms with Crippen LogP contribution in [-0.2, 0) is 19.2 Å². The summed E-state index contributed by atoms with van der Waals surface area (Å²) in [5, 5.41) is 10.2. The number of hydrogen-bond acceptors (Lipinski definition) is 8. The van der Waals surface area contributed by atoms with Crippen molar-refractivity contribution in [1.29, 1.82) is 0 Å². The van der Waals surface area contributed by atoms with Crippen LogP contribution in [0.15, 0.2) is 94.7 Å². The summed E-state index contributed by atoms with van der Waals surface area (Å²) in [6.07, 6.45) is 4.98. The van der Waals surface area contributed by atoms with Gasteiger partial charge in [-0.1, -0.05) is 134 Å². The molecule has 2 saturated heterocycles. The van der Waals surface area contributed by atoms with Crippen LogP contribution in [0.25, 0.3) is 21.5 Å². The van der Waals surface area contributed by atoms with Crippen LogP contribution in [0.1, 0.15) is 51.4 Å². The lowest BCUT2D eigenvalue weighted by Crippen LogP contribution is -2.31. The van der Waals surface area contributed by atoms with Gasteiger partial charge in [-0.05, 0) is 48.6 Å². The summed E-state index contributed by atoms with van der Waals surface area (Å²) in [5.74, 6) is -0.634. The molecule has 256 valence electrons. The zero-order valence-corrected chi connectivity index (χ0v) is 30.6. The number of unbranched alkanes of at least 4 members (excludes halogenated alkanes) is 4. The average Bonchev–Trinajstić information content (AvgIpc) is 3.56. The SMILES string of the molecule is O=C(CCCCCN1C(=O)C(=C2SC(=S)N(CCCCCC(=O)Nc3cccc4ccccc34)C2=O)SC1=S)Nc1cccc2ccccc12. The Labute approximate surface area is 310 Å². The van der Waals surface area contributed by atoms with Crippen molar-refractivity contribution in [1.82, 2.24) is 9.80 Å². The standard InChI is InChI=1S/C38H36N4O4S4/c43-31(39-29-19-11-15-25-13-5-7-17-27(25)29)21-3-1-9-23-41-35(45)33(49-37(41)47)34-36(46)42(38(48)50-34)24-10-2-4-22-32(44)40-30-20-12-16-26-14-6-8-18-28(26)30/h5-8,11-20H,1-4,9-10,21-24H2,(H,39,43)(H,40,44).